The van der Waals surface area contributed by atoms with E-state index < -0.39 is 9.84 Å². The summed E-state index contributed by atoms with van der Waals surface area (Å²) < 4.78 is 27.0. The molecular weight excluding hydrogens is 214 g/mol. The van der Waals surface area contributed by atoms with Crippen molar-refractivity contribution in [3.8, 4) is 11.3 Å². The number of rotatable bonds is 2. The Morgan fingerprint density at radius 1 is 1.20 bits per heavy atom. The molecule has 2 rings (SSSR count). The third-order valence-electron chi connectivity index (χ3n) is 1.92. The molecule has 0 aliphatic carbocycles. The maximum Gasteiger partial charge on any atom is 0.250 e. The third-order valence-corrected chi connectivity index (χ3v) is 2.85. The van der Waals surface area contributed by atoms with E-state index in [1.165, 1.54) is 6.07 Å². The Bertz CT molecular complexity index is 557. The summed E-state index contributed by atoms with van der Waals surface area (Å²) in [6, 6.07) is 10.7. The molecule has 0 radical (unpaired) electrons. The van der Waals surface area contributed by atoms with E-state index in [4.69, 9.17) is 4.52 Å². The predicted molar refractivity (Wildman–Crippen MR) is 55.0 cm³/mol. The van der Waals surface area contributed by atoms with Crippen LogP contribution in [0.5, 0.6) is 0 Å². The molecule has 78 valence electrons. The van der Waals surface area contributed by atoms with E-state index in [-0.39, 0.29) is 5.09 Å². The number of sulfone groups is 1. The van der Waals surface area contributed by atoms with Gasteiger partial charge in [-0.2, -0.15) is 0 Å². The number of hydrogen-bond acceptors (Lipinski definition) is 4. The van der Waals surface area contributed by atoms with Gasteiger partial charge in [-0.05, 0) is 0 Å². The molecule has 0 aliphatic rings. The van der Waals surface area contributed by atoms with Crippen molar-refractivity contribution in [1.82, 2.24) is 5.16 Å². The first kappa shape index (κ1) is 9.92. The van der Waals surface area contributed by atoms with Crippen LogP contribution in [0.25, 0.3) is 11.3 Å². The van der Waals surface area contributed by atoms with E-state index in [9.17, 15) is 8.42 Å². The van der Waals surface area contributed by atoms with E-state index >= 15 is 0 Å². The zero-order valence-electron chi connectivity index (χ0n) is 8.04. The van der Waals surface area contributed by atoms with Gasteiger partial charge < -0.3 is 4.52 Å². The van der Waals surface area contributed by atoms with Crippen LogP contribution in [-0.4, -0.2) is 19.8 Å². The predicted octanol–water partition coefficient (Wildman–Crippen LogP) is 1.75. The standard InChI is InChI=1S/C10H9NO3S/c1-15(12,13)10-7-9(11-14-10)8-5-3-2-4-6-8/h2-7H,1H3. The molecule has 0 N–H and O–H groups in total. The number of benzene rings is 1. The van der Waals surface area contributed by atoms with Gasteiger partial charge in [0.15, 0.2) is 0 Å². The highest BCUT2D eigenvalue weighted by Crippen LogP contribution is 2.20. The molecule has 15 heavy (non-hydrogen) atoms. The summed E-state index contributed by atoms with van der Waals surface area (Å²) in [4.78, 5) is 0. The Kier molecular flexibility index (Phi) is 2.32. The van der Waals surface area contributed by atoms with Gasteiger partial charge in [0.2, 0.25) is 9.84 Å². The van der Waals surface area contributed by atoms with Crippen molar-refractivity contribution in [2.75, 3.05) is 6.26 Å². The average Bonchev–Trinajstić information content (AvgIpc) is 2.67. The molecule has 0 saturated heterocycles. The lowest BCUT2D eigenvalue weighted by Gasteiger charge is -1.91. The van der Waals surface area contributed by atoms with Crippen molar-refractivity contribution in [1.29, 1.82) is 0 Å². The van der Waals surface area contributed by atoms with Crippen LogP contribution in [0.15, 0.2) is 46.0 Å². The molecule has 0 unspecified atom stereocenters. The molecule has 1 heterocycles. The second-order valence-corrected chi connectivity index (χ2v) is 5.12. The Labute approximate surface area is 87.4 Å². The average molecular weight is 223 g/mol. The summed E-state index contributed by atoms with van der Waals surface area (Å²) in [5.74, 6) is 0. The second-order valence-electron chi connectivity index (χ2n) is 3.17. The first-order valence-corrected chi connectivity index (χ1v) is 6.19. The van der Waals surface area contributed by atoms with Gasteiger partial charge in [0.25, 0.3) is 5.09 Å². The molecule has 1 aromatic carbocycles. The molecule has 0 aliphatic heterocycles. The lowest BCUT2D eigenvalue weighted by molar-refractivity contribution is 0.341. The van der Waals surface area contributed by atoms with Crippen LogP contribution in [0.1, 0.15) is 0 Å². The van der Waals surface area contributed by atoms with Crippen LogP contribution >= 0.6 is 0 Å². The van der Waals surface area contributed by atoms with E-state index in [0.29, 0.717) is 5.69 Å². The molecule has 0 saturated carbocycles. The van der Waals surface area contributed by atoms with E-state index in [0.717, 1.165) is 11.8 Å². The Hall–Kier alpha value is -1.62. The van der Waals surface area contributed by atoms with Gasteiger partial charge in [0, 0.05) is 17.9 Å². The van der Waals surface area contributed by atoms with Crippen molar-refractivity contribution in [2.24, 2.45) is 0 Å². The van der Waals surface area contributed by atoms with E-state index in [1.807, 2.05) is 30.3 Å². The fourth-order valence-corrected chi connectivity index (χ4v) is 1.68. The van der Waals surface area contributed by atoms with E-state index in [2.05, 4.69) is 5.16 Å². The van der Waals surface area contributed by atoms with Crippen LogP contribution < -0.4 is 0 Å². The fraction of sp³-hybridized carbons (Fsp3) is 0.100. The van der Waals surface area contributed by atoms with Gasteiger partial charge in [-0.25, -0.2) is 8.42 Å². The van der Waals surface area contributed by atoms with Crippen molar-refractivity contribution in [2.45, 2.75) is 5.09 Å². The maximum absolute atomic E-state index is 11.1. The Morgan fingerprint density at radius 3 is 2.40 bits per heavy atom. The largest absolute Gasteiger partial charge is 0.344 e. The van der Waals surface area contributed by atoms with Gasteiger partial charge in [-0.1, -0.05) is 35.5 Å². The summed E-state index contributed by atoms with van der Waals surface area (Å²) in [7, 11) is -3.32. The fourth-order valence-electron chi connectivity index (χ4n) is 1.18. The Balaban J connectivity index is 2.46. The minimum absolute atomic E-state index is 0.110. The van der Waals surface area contributed by atoms with Crippen LogP contribution in [-0.2, 0) is 9.84 Å². The summed E-state index contributed by atoms with van der Waals surface area (Å²) >= 11 is 0. The number of hydrogen-bond donors (Lipinski definition) is 0. The molecule has 2 aromatic rings. The molecule has 0 atom stereocenters. The van der Waals surface area contributed by atoms with Crippen molar-refractivity contribution >= 4 is 9.84 Å². The minimum Gasteiger partial charge on any atom is -0.344 e. The normalized spacial score (nSPS) is 11.5. The topological polar surface area (TPSA) is 60.2 Å². The molecule has 1 aromatic heterocycles. The highest BCUT2D eigenvalue weighted by atomic mass is 32.2. The highest BCUT2D eigenvalue weighted by Gasteiger charge is 2.14. The number of nitrogens with zero attached hydrogens (tertiary/aromatic N) is 1. The molecule has 5 heteroatoms. The Morgan fingerprint density at radius 2 is 1.87 bits per heavy atom. The third kappa shape index (κ3) is 2.07. The van der Waals surface area contributed by atoms with Crippen LogP contribution in [0.4, 0.5) is 0 Å². The summed E-state index contributed by atoms with van der Waals surface area (Å²) in [5, 5.41) is 3.59. The molecule has 0 spiro atoms. The monoisotopic (exact) mass is 223 g/mol. The molecule has 0 fully saturated rings. The zero-order valence-corrected chi connectivity index (χ0v) is 8.86. The van der Waals surface area contributed by atoms with Gasteiger partial charge in [-0.3, -0.25) is 0 Å². The summed E-state index contributed by atoms with van der Waals surface area (Å²) in [5.41, 5.74) is 1.35. The highest BCUT2D eigenvalue weighted by molar-refractivity contribution is 7.90. The van der Waals surface area contributed by atoms with Gasteiger partial charge in [0.05, 0.1) is 0 Å². The van der Waals surface area contributed by atoms with Gasteiger partial charge in [0.1, 0.15) is 5.69 Å². The maximum atomic E-state index is 11.1. The van der Waals surface area contributed by atoms with Crippen LogP contribution in [0.3, 0.4) is 0 Å². The van der Waals surface area contributed by atoms with Crippen LogP contribution in [0, 0.1) is 0 Å². The first-order valence-electron chi connectivity index (χ1n) is 4.29. The quantitative estimate of drug-likeness (QED) is 0.778. The van der Waals surface area contributed by atoms with Crippen molar-refractivity contribution in [3.63, 3.8) is 0 Å². The minimum atomic E-state index is -3.32. The summed E-state index contributed by atoms with van der Waals surface area (Å²) in [6.45, 7) is 0. The molecular formula is C10H9NO3S. The van der Waals surface area contributed by atoms with Gasteiger partial charge in [-0.15, -0.1) is 0 Å². The SMILES string of the molecule is CS(=O)(=O)c1cc(-c2ccccc2)no1. The molecule has 0 bridgehead atoms. The lowest BCUT2D eigenvalue weighted by Crippen LogP contribution is -1.93. The molecule has 4 nitrogen and oxygen atoms in total. The lowest BCUT2D eigenvalue weighted by atomic mass is 10.2. The molecule has 0 amide bonds. The smallest absolute Gasteiger partial charge is 0.250 e. The second kappa shape index (κ2) is 3.51. The zero-order chi connectivity index (χ0) is 10.9. The first-order chi connectivity index (χ1) is 7.07. The van der Waals surface area contributed by atoms with Gasteiger partial charge >= 0.3 is 0 Å². The van der Waals surface area contributed by atoms with Crippen molar-refractivity contribution < 1.29 is 12.9 Å². The van der Waals surface area contributed by atoms with E-state index in [1.54, 1.807) is 0 Å². The number of aromatic nitrogens is 1. The summed E-state index contributed by atoms with van der Waals surface area (Å²) in [6.07, 6.45) is 1.09. The van der Waals surface area contributed by atoms with Crippen LogP contribution in [0.2, 0.25) is 0 Å². The van der Waals surface area contributed by atoms with Crippen molar-refractivity contribution in [3.05, 3.63) is 36.4 Å².